The van der Waals surface area contributed by atoms with Gasteiger partial charge in [-0.05, 0) is 18.1 Å². The van der Waals surface area contributed by atoms with Gasteiger partial charge in [0.15, 0.2) is 0 Å². The standard InChI is InChI=1S/C19H15NO4/c21-16(22)11-10-14-17(19(23)24)13-8-4-5-9-15(13)20-18(14)12-6-2-1-3-7-12/h1-9H,10-11H2,(H,21,22)(H,23,24). The Bertz CT molecular complexity index is 919. The van der Waals surface area contributed by atoms with Gasteiger partial charge in [-0.1, -0.05) is 48.5 Å². The lowest BCUT2D eigenvalue weighted by Gasteiger charge is -2.14. The van der Waals surface area contributed by atoms with Crippen LogP contribution in [0.4, 0.5) is 0 Å². The predicted octanol–water partition coefficient (Wildman–Crippen LogP) is 3.62. The van der Waals surface area contributed by atoms with Crippen LogP contribution in [0.2, 0.25) is 0 Å². The summed E-state index contributed by atoms with van der Waals surface area (Å²) in [6.07, 6.45) is -0.0425. The molecule has 2 aromatic carbocycles. The van der Waals surface area contributed by atoms with Crippen molar-refractivity contribution in [3.8, 4) is 11.3 Å². The topological polar surface area (TPSA) is 87.5 Å². The number of rotatable bonds is 5. The number of hydrogen-bond acceptors (Lipinski definition) is 3. The highest BCUT2D eigenvalue weighted by Gasteiger charge is 2.21. The Morgan fingerprint density at radius 1 is 0.917 bits per heavy atom. The number of benzene rings is 2. The van der Waals surface area contributed by atoms with Crippen molar-refractivity contribution >= 4 is 22.8 Å². The Morgan fingerprint density at radius 2 is 1.58 bits per heavy atom. The minimum Gasteiger partial charge on any atom is -0.481 e. The molecule has 0 bridgehead atoms. The summed E-state index contributed by atoms with van der Waals surface area (Å²) in [6.45, 7) is 0. The number of carboxylic acid groups (broad SMARTS) is 2. The van der Waals surface area contributed by atoms with Gasteiger partial charge in [0.25, 0.3) is 0 Å². The van der Waals surface area contributed by atoms with Crippen molar-refractivity contribution in [2.45, 2.75) is 12.8 Å². The molecule has 0 fully saturated rings. The van der Waals surface area contributed by atoms with Crippen LogP contribution in [-0.4, -0.2) is 27.1 Å². The van der Waals surface area contributed by atoms with Gasteiger partial charge in [0.05, 0.1) is 16.8 Å². The third kappa shape index (κ3) is 2.96. The summed E-state index contributed by atoms with van der Waals surface area (Å²) in [7, 11) is 0. The molecule has 0 atom stereocenters. The monoisotopic (exact) mass is 321 g/mol. The zero-order valence-corrected chi connectivity index (χ0v) is 12.8. The quantitative estimate of drug-likeness (QED) is 0.749. The lowest BCUT2D eigenvalue weighted by molar-refractivity contribution is -0.136. The minimum absolute atomic E-state index is 0.110. The molecule has 3 aromatic rings. The van der Waals surface area contributed by atoms with Crippen molar-refractivity contribution in [1.29, 1.82) is 0 Å². The first-order chi connectivity index (χ1) is 11.6. The van der Waals surface area contributed by atoms with Gasteiger partial charge in [0, 0.05) is 17.4 Å². The van der Waals surface area contributed by atoms with Crippen LogP contribution in [0.3, 0.4) is 0 Å². The molecule has 3 rings (SSSR count). The number of carbonyl (C=O) groups is 2. The van der Waals surface area contributed by atoms with Crippen molar-refractivity contribution in [3.05, 3.63) is 65.7 Å². The van der Waals surface area contributed by atoms with E-state index < -0.39 is 11.9 Å². The SMILES string of the molecule is O=C(O)CCc1c(-c2ccccc2)nc2ccccc2c1C(=O)O. The summed E-state index contributed by atoms with van der Waals surface area (Å²) >= 11 is 0. The van der Waals surface area contributed by atoms with Gasteiger partial charge in [-0.25, -0.2) is 9.78 Å². The fraction of sp³-hybridized carbons (Fsp3) is 0.105. The second kappa shape index (κ2) is 6.50. The van der Waals surface area contributed by atoms with E-state index in [2.05, 4.69) is 4.98 Å². The molecule has 0 unspecified atom stereocenters. The maximum Gasteiger partial charge on any atom is 0.336 e. The fourth-order valence-corrected chi connectivity index (χ4v) is 2.81. The van der Waals surface area contributed by atoms with E-state index in [1.165, 1.54) is 0 Å². The number of aliphatic carboxylic acids is 1. The highest BCUT2D eigenvalue weighted by atomic mass is 16.4. The Balaban J connectivity index is 2.33. The Labute approximate surface area is 138 Å². The van der Waals surface area contributed by atoms with E-state index in [-0.39, 0.29) is 18.4 Å². The maximum atomic E-state index is 11.9. The van der Waals surface area contributed by atoms with Gasteiger partial charge in [0.2, 0.25) is 0 Å². The van der Waals surface area contributed by atoms with E-state index in [1.54, 1.807) is 24.3 Å². The summed E-state index contributed by atoms with van der Waals surface area (Å²) in [5, 5.41) is 19.3. The molecule has 2 N–H and O–H groups in total. The number of nitrogens with zero attached hydrogens (tertiary/aromatic N) is 1. The molecule has 5 heteroatoms. The van der Waals surface area contributed by atoms with Gasteiger partial charge < -0.3 is 10.2 Å². The minimum atomic E-state index is -1.08. The van der Waals surface area contributed by atoms with Crippen LogP contribution in [0.1, 0.15) is 22.3 Å². The number of carboxylic acids is 2. The van der Waals surface area contributed by atoms with E-state index in [9.17, 15) is 14.7 Å². The molecular weight excluding hydrogens is 306 g/mol. The molecule has 0 aliphatic rings. The Kier molecular flexibility index (Phi) is 4.24. The zero-order valence-electron chi connectivity index (χ0n) is 12.8. The van der Waals surface area contributed by atoms with Crippen molar-refractivity contribution in [2.24, 2.45) is 0 Å². The molecular formula is C19H15NO4. The number of pyridine rings is 1. The molecule has 0 spiro atoms. The fourth-order valence-electron chi connectivity index (χ4n) is 2.81. The molecule has 0 saturated carbocycles. The Hall–Kier alpha value is -3.21. The van der Waals surface area contributed by atoms with Gasteiger partial charge in [-0.2, -0.15) is 0 Å². The highest BCUT2D eigenvalue weighted by molar-refractivity contribution is 6.05. The lowest BCUT2D eigenvalue weighted by Crippen LogP contribution is -2.09. The number of hydrogen-bond donors (Lipinski definition) is 2. The molecule has 1 heterocycles. The molecule has 0 saturated heterocycles. The van der Waals surface area contributed by atoms with Crippen LogP contribution >= 0.6 is 0 Å². The summed E-state index contributed by atoms with van der Waals surface area (Å²) in [6, 6.07) is 16.2. The summed E-state index contributed by atoms with van der Waals surface area (Å²) in [5.74, 6) is -2.05. The van der Waals surface area contributed by atoms with E-state index in [1.807, 2.05) is 30.3 Å². The number of aromatic nitrogens is 1. The third-order valence-corrected chi connectivity index (χ3v) is 3.84. The average Bonchev–Trinajstić information content (AvgIpc) is 2.59. The van der Waals surface area contributed by atoms with E-state index in [0.717, 1.165) is 5.56 Å². The Morgan fingerprint density at radius 3 is 2.25 bits per heavy atom. The van der Waals surface area contributed by atoms with Crippen LogP contribution in [-0.2, 0) is 11.2 Å². The summed E-state index contributed by atoms with van der Waals surface area (Å²) < 4.78 is 0. The largest absolute Gasteiger partial charge is 0.481 e. The van der Waals surface area contributed by atoms with E-state index in [4.69, 9.17) is 5.11 Å². The average molecular weight is 321 g/mol. The second-order valence-electron chi connectivity index (χ2n) is 5.40. The smallest absolute Gasteiger partial charge is 0.336 e. The van der Waals surface area contributed by atoms with Crippen LogP contribution in [0.25, 0.3) is 22.2 Å². The van der Waals surface area contributed by atoms with Gasteiger partial charge in [0.1, 0.15) is 0 Å². The second-order valence-corrected chi connectivity index (χ2v) is 5.40. The van der Waals surface area contributed by atoms with Crippen molar-refractivity contribution < 1.29 is 19.8 Å². The first-order valence-electron chi connectivity index (χ1n) is 7.50. The zero-order chi connectivity index (χ0) is 17.1. The first kappa shape index (κ1) is 15.7. The van der Waals surface area contributed by atoms with Crippen LogP contribution in [0.15, 0.2) is 54.6 Å². The normalized spacial score (nSPS) is 10.7. The lowest BCUT2D eigenvalue weighted by atomic mass is 9.93. The molecule has 0 aliphatic heterocycles. The van der Waals surface area contributed by atoms with Crippen LogP contribution in [0, 0.1) is 0 Å². The molecule has 0 radical (unpaired) electrons. The summed E-state index contributed by atoms with van der Waals surface area (Å²) in [5.41, 5.74) is 2.45. The summed E-state index contributed by atoms with van der Waals surface area (Å²) in [4.78, 5) is 27.5. The van der Waals surface area contributed by atoms with Crippen molar-refractivity contribution in [3.63, 3.8) is 0 Å². The molecule has 120 valence electrons. The van der Waals surface area contributed by atoms with Crippen LogP contribution < -0.4 is 0 Å². The van der Waals surface area contributed by atoms with Gasteiger partial charge in [-0.3, -0.25) is 4.79 Å². The third-order valence-electron chi connectivity index (χ3n) is 3.84. The molecule has 1 aromatic heterocycles. The number of fused-ring (bicyclic) bond motifs is 1. The van der Waals surface area contributed by atoms with E-state index in [0.29, 0.717) is 22.2 Å². The van der Waals surface area contributed by atoms with Gasteiger partial charge >= 0.3 is 11.9 Å². The molecule has 0 amide bonds. The van der Waals surface area contributed by atoms with Gasteiger partial charge in [-0.15, -0.1) is 0 Å². The van der Waals surface area contributed by atoms with Crippen LogP contribution in [0.5, 0.6) is 0 Å². The maximum absolute atomic E-state index is 11.9. The predicted molar refractivity (Wildman–Crippen MR) is 90.1 cm³/mol. The first-order valence-corrected chi connectivity index (χ1v) is 7.50. The number of aromatic carboxylic acids is 1. The van der Waals surface area contributed by atoms with Crippen molar-refractivity contribution in [2.75, 3.05) is 0 Å². The molecule has 0 aliphatic carbocycles. The molecule has 5 nitrogen and oxygen atoms in total. The number of para-hydroxylation sites is 1. The van der Waals surface area contributed by atoms with E-state index >= 15 is 0 Å². The van der Waals surface area contributed by atoms with Crippen molar-refractivity contribution in [1.82, 2.24) is 4.98 Å². The molecule has 24 heavy (non-hydrogen) atoms. The highest BCUT2D eigenvalue weighted by Crippen LogP contribution is 2.31.